The van der Waals surface area contributed by atoms with Crippen molar-refractivity contribution in [3.8, 4) is 28.5 Å². The molecular weight excluding hydrogens is 442 g/mol. The van der Waals surface area contributed by atoms with Crippen LogP contribution in [0.2, 0.25) is 0 Å². The number of hydrogen-bond donors (Lipinski definition) is 1. The lowest BCUT2D eigenvalue weighted by atomic mass is 10.0. The summed E-state index contributed by atoms with van der Waals surface area (Å²) in [6.45, 7) is 0. The van der Waals surface area contributed by atoms with Crippen molar-refractivity contribution in [3.63, 3.8) is 0 Å². The normalized spacial score (nSPS) is 11.7. The standard InChI is InChI=1S/C22H18F2N2O5S/c1-26-11-17(15-7-8-25-22(30-2)21(15)26)16-9-13(12-32(27,28)29)3-5-19(16)31-20-6-4-14(23)10-18(20)24/h3-11H,12H2,1-2H3,(H,27,28,29). The van der Waals surface area contributed by atoms with Crippen LogP contribution in [0, 0.1) is 11.6 Å². The number of hydrogen-bond acceptors (Lipinski definition) is 5. The molecule has 0 spiro atoms. The van der Waals surface area contributed by atoms with Crippen LogP contribution in [0.25, 0.3) is 22.0 Å². The third kappa shape index (κ3) is 4.27. The van der Waals surface area contributed by atoms with Gasteiger partial charge in [0.05, 0.1) is 7.11 Å². The molecule has 32 heavy (non-hydrogen) atoms. The Hall–Kier alpha value is -3.50. The minimum Gasteiger partial charge on any atom is -0.479 e. The van der Waals surface area contributed by atoms with Crippen LogP contribution < -0.4 is 9.47 Å². The summed E-state index contributed by atoms with van der Waals surface area (Å²) in [6, 6.07) is 9.14. The van der Waals surface area contributed by atoms with Gasteiger partial charge in [0.2, 0.25) is 5.88 Å². The molecule has 4 rings (SSSR count). The summed E-state index contributed by atoms with van der Waals surface area (Å²) in [4.78, 5) is 4.20. The largest absolute Gasteiger partial charge is 0.479 e. The monoisotopic (exact) mass is 460 g/mol. The molecule has 0 amide bonds. The fourth-order valence-corrected chi connectivity index (χ4v) is 4.14. The first-order valence-electron chi connectivity index (χ1n) is 9.35. The molecule has 0 aliphatic carbocycles. The zero-order valence-corrected chi connectivity index (χ0v) is 17.9. The molecule has 4 aromatic rings. The molecule has 0 fully saturated rings. The topological polar surface area (TPSA) is 90.7 Å². The number of rotatable bonds is 6. The van der Waals surface area contributed by atoms with E-state index in [1.165, 1.54) is 25.3 Å². The van der Waals surface area contributed by atoms with Crippen LogP contribution in [0.15, 0.2) is 54.9 Å². The first-order valence-corrected chi connectivity index (χ1v) is 11.0. The molecule has 0 aliphatic heterocycles. The number of methoxy groups -OCH3 is 1. The van der Waals surface area contributed by atoms with E-state index < -0.39 is 27.5 Å². The highest BCUT2D eigenvalue weighted by molar-refractivity contribution is 7.85. The summed E-state index contributed by atoms with van der Waals surface area (Å²) < 4.78 is 72.5. The zero-order chi connectivity index (χ0) is 23.0. The number of pyridine rings is 1. The van der Waals surface area contributed by atoms with E-state index in [1.807, 2.05) is 0 Å². The van der Waals surface area contributed by atoms with Crippen molar-refractivity contribution in [2.45, 2.75) is 5.75 Å². The first-order chi connectivity index (χ1) is 15.2. The maximum absolute atomic E-state index is 14.2. The van der Waals surface area contributed by atoms with E-state index >= 15 is 0 Å². The highest BCUT2D eigenvalue weighted by atomic mass is 32.2. The van der Waals surface area contributed by atoms with Gasteiger partial charge in [-0.15, -0.1) is 0 Å². The third-order valence-corrected chi connectivity index (χ3v) is 5.54. The second-order valence-corrected chi connectivity index (χ2v) is 8.56. The smallest absolute Gasteiger partial charge is 0.269 e. The Kier molecular flexibility index (Phi) is 5.57. The number of benzene rings is 2. The number of fused-ring (bicyclic) bond motifs is 1. The first kappa shape index (κ1) is 21.7. The van der Waals surface area contributed by atoms with Gasteiger partial charge in [0.25, 0.3) is 10.1 Å². The maximum Gasteiger partial charge on any atom is 0.269 e. The Balaban J connectivity index is 1.92. The molecular formula is C22H18F2N2O5S. The van der Waals surface area contributed by atoms with Crippen LogP contribution >= 0.6 is 0 Å². The van der Waals surface area contributed by atoms with Crippen molar-refractivity contribution in [2.24, 2.45) is 7.05 Å². The van der Waals surface area contributed by atoms with Crippen LogP contribution in [-0.2, 0) is 22.9 Å². The molecule has 0 saturated heterocycles. The van der Waals surface area contributed by atoms with E-state index in [-0.39, 0.29) is 11.5 Å². The van der Waals surface area contributed by atoms with Crippen molar-refractivity contribution >= 4 is 21.0 Å². The van der Waals surface area contributed by atoms with Gasteiger partial charge in [-0.2, -0.15) is 8.42 Å². The average molecular weight is 460 g/mol. The van der Waals surface area contributed by atoms with E-state index in [9.17, 15) is 21.8 Å². The van der Waals surface area contributed by atoms with Crippen molar-refractivity contribution in [1.82, 2.24) is 9.55 Å². The Bertz CT molecular complexity index is 1430. The third-order valence-electron chi connectivity index (χ3n) is 4.85. The summed E-state index contributed by atoms with van der Waals surface area (Å²) >= 11 is 0. The fraction of sp³-hybridized carbons (Fsp3) is 0.136. The van der Waals surface area contributed by atoms with Gasteiger partial charge in [0, 0.05) is 42.0 Å². The molecule has 0 atom stereocenters. The van der Waals surface area contributed by atoms with Gasteiger partial charge in [-0.05, 0) is 35.9 Å². The fourth-order valence-electron chi connectivity index (χ4n) is 3.54. The molecule has 166 valence electrons. The Morgan fingerprint density at radius 1 is 1.06 bits per heavy atom. The van der Waals surface area contributed by atoms with Crippen LogP contribution in [0.4, 0.5) is 8.78 Å². The van der Waals surface area contributed by atoms with Crippen molar-refractivity contribution in [1.29, 1.82) is 0 Å². The summed E-state index contributed by atoms with van der Waals surface area (Å²) in [5.41, 5.74) is 2.06. The van der Waals surface area contributed by atoms with Gasteiger partial charge in [-0.25, -0.2) is 13.8 Å². The SMILES string of the molecule is COc1nccc2c(-c3cc(CS(=O)(=O)O)ccc3Oc3ccc(F)cc3F)cn(C)c12. The summed E-state index contributed by atoms with van der Waals surface area (Å²) in [6.07, 6.45) is 3.34. The molecule has 10 heteroatoms. The van der Waals surface area contributed by atoms with Crippen LogP contribution in [0.5, 0.6) is 17.4 Å². The van der Waals surface area contributed by atoms with Gasteiger partial charge >= 0.3 is 0 Å². The minimum absolute atomic E-state index is 0.199. The lowest BCUT2D eigenvalue weighted by Gasteiger charge is -2.13. The molecule has 0 unspecified atom stereocenters. The molecule has 0 aliphatic rings. The molecule has 0 radical (unpaired) electrons. The number of ether oxygens (including phenoxy) is 2. The summed E-state index contributed by atoms with van der Waals surface area (Å²) in [5, 5.41) is 0.729. The predicted octanol–water partition coefficient (Wildman–Crippen LogP) is 4.71. The number of nitrogens with zero attached hydrogens (tertiary/aromatic N) is 2. The molecule has 7 nitrogen and oxygen atoms in total. The van der Waals surface area contributed by atoms with E-state index in [4.69, 9.17) is 9.47 Å². The van der Waals surface area contributed by atoms with Crippen LogP contribution in [-0.4, -0.2) is 29.6 Å². The Morgan fingerprint density at radius 2 is 1.81 bits per heavy atom. The van der Waals surface area contributed by atoms with E-state index in [1.54, 1.807) is 30.1 Å². The maximum atomic E-state index is 14.2. The second-order valence-electron chi connectivity index (χ2n) is 7.10. The van der Waals surface area contributed by atoms with Crippen LogP contribution in [0.1, 0.15) is 5.56 Å². The van der Waals surface area contributed by atoms with E-state index in [0.29, 0.717) is 34.2 Å². The second kappa shape index (κ2) is 8.21. The Labute approximate surface area is 182 Å². The molecule has 0 bridgehead atoms. The molecule has 2 aromatic heterocycles. The van der Waals surface area contributed by atoms with Gasteiger partial charge in [-0.1, -0.05) is 6.07 Å². The highest BCUT2D eigenvalue weighted by Crippen LogP contribution is 2.41. The quantitative estimate of drug-likeness (QED) is 0.419. The summed E-state index contributed by atoms with van der Waals surface area (Å²) in [7, 11) is -1.00. The highest BCUT2D eigenvalue weighted by Gasteiger charge is 2.19. The van der Waals surface area contributed by atoms with E-state index in [0.717, 1.165) is 17.5 Å². The zero-order valence-electron chi connectivity index (χ0n) is 17.0. The van der Waals surface area contributed by atoms with Gasteiger partial charge in [0.15, 0.2) is 11.6 Å². The predicted molar refractivity (Wildman–Crippen MR) is 114 cm³/mol. The van der Waals surface area contributed by atoms with Crippen molar-refractivity contribution in [3.05, 3.63) is 72.1 Å². The van der Waals surface area contributed by atoms with Gasteiger partial charge < -0.3 is 14.0 Å². The molecule has 0 saturated carbocycles. The number of aromatic nitrogens is 2. The lowest BCUT2D eigenvalue weighted by molar-refractivity contribution is 0.401. The summed E-state index contributed by atoms with van der Waals surface area (Å²) in [5.74, 6) is -1.85. The van der Waals surface area contributed by atoms with E-state index in [2.05, 4.69) is 4.98 Å². The number of aryl methyl sites for hydroxylation is 1. The van der Waals surface area contributed by atoms with Gasteiger partial charge in [0.1, 0.15) is 22.8 Å². The van der Waals surface area contributed by atoms with Crippen molar-refractivity contribution < 1.29 is 31.2 Å². The van der Waals surface area contributed by atoms with Gasteiger partial charge in [-0.3, -0.25) is 4.55 Å². The average Bonchev–Trinajstić information content (AvgIpc) is 3.06. The number of halogens is 2. The molecule has 2 aromatic carbocycles. The minimum atomic E-state index is -4.28. The lowest BCUT2D eigenvalue weighted by Crippen LogP contribution is -2.02. The molecule has 2 heterocycles. The Morgan fingerprint density at radius 3 is 2.50 bits per heavy atom. The van der Waals surface area contributed by atoms with Crippen LogP contribution in [0.3, 0.4) is 0 Å². The van der Waals surface area contributed by atoms with Crippen molar-refractivity contribution in [2.75, 3.05) is 7.11 Å². The molecule has 1 N–H and O–H groups in total.